The molecule has 3 heterocycles. The Balaban J connectivity index is 1.45. The molecule has 0 unspecified atom stereocenters. The maximum atomic E-state index is 14.0. The van der Waals surface area contributed by atoms with Gasteiger partial charge in [-0.3, -0.25) is 9.69 Å². The van der Waals surface area contributed by atoms with Crippen LogP contribution in [0.1, 0.15) is 17.7 Å². The topological polar surface area (TPSA) is 57.8 Å². The minimum absolute atomic E-state index is 0.0195. The monoisotopic (exact) mass is 389 g/mol. The Kier molecular flexibility index (Phi) is 5.94. The Labute approximate surface area is 164 Å². The van der Waals surface area contributed by atoms with Crippen LogP contribution in [0.3, 0.4) is 0 Å². The average molecular weight is 389 g/mol. The number of hydrogen-bond donors (Lipinski definition) is 1. The number of para-hydroxylation sites is 1. The van der Waals surface area contributed by atoms with Crippen molar-refractivity contribution in [2.45, 2.75) is 25.9 Å². The van der Waals surface area contributed by atoms with Crippen molar-refractivity contribution in [3.05, 3.63) is 35.3 Å². The van der Waals surface area contributed by atoms with E-state index in [0.717, 1.165) is 55.9 Å². The Bertz CT molecular complexity index is 832. The van der Waals surface area contributed by atoms with Gasteiger partial charge in [-0.2, -0.15) is 0 Å². The van der Waals surface area contributed by atoms with E-state index in [0.29, 0.717) is 25.2 Å². The van der Waals surface area contributed by atoms with Crippen LogP contribution in [0.25, 0.3) is 10.9 Å². The highest BCUT2D eigenvalue weighted by molar-refractivity contribution is 5.90. The number of morpholine rings is 1. The summed E-state index contributed by atoms with van der Waals surface area (Å²) in [7, 11) is 0. The smallest absolute Gasteiger partial charge is 0.227 e. The summed E-state index contributed by atoms with van der Waals surface area (Å²) in [6.45, 7) is 8.04. The molecule has 1 amide bonds. The number of carbonyl (C=O) groups is 1. The first-order valence-electron chi connectivity index (χ1n) is 10.1. The molecule has 0 aliphatic carbocycles. The standard InChI is InChI=1S/C21H28FN3O3/c1-15-18(17-4-2-5-19(22)21(17)23-15)12-20(26)25-6-3-9-28-16(14-25)13-24-7-10-27-11-8-24/h2,4-5,16,23H,3,6-14H2,1H3/t16-/m0/s1. The highest BCUT2D eigenvalue weighted by Gasteiger charge is 2.26. The number of nitrogens with one attached hydrogen (secondary N) is 1. The molecule has 0 saturated carbocycles. The van der Waals surface area contributed by atoms with Crippen molar-refractivity contribution in [1.82, 2.24) is 14.8 Å². The van der Waals surface area contributed by atoms with E-state index >= 15 is 0 Å². The van der Waals surface area contributed by atoms with Crippen LogP contribution in [0.2, 0.25) is 0 Å². The molecule has 28 heavy (non-hydrogen) atoms. The van der Waals surface area contributed by atoms with Crippen molar-refractivity contribution < 1.29 is 18.7 Å². The molecule has 1 atom stereocenters. The summed E-state index contributed by atoms with van der Waals surface area (Å²) in [6.07, 6.45) is 1.14. The van der Waals surface area contributed by atoms with Gasteiger partial charge in [-0.1, -0.05) is 12.1 Å². The molecule has 1 aromatic carbocycles. The van der Waals surface area contributed by atoms with Gasteiger partial charge in [0, 0.05) is 50.4 Å². The van der Waals surface area contributed by atoms with E-state index in [-0.39, 0.29) is 24.2 Å². The third-order valence-corrected chi connectivity index (χ3v) is 5.70. The zero-order chi connectivity index (χ0) is 19.5. The first kappa shape index (κ1) is 19.4. The normalized spacial score (nSPS) is 21.8. The first-order valence-corrected chi connectivity index (χ1v) is 10.1. The van der Waals surface area contributed by atoms with Gasteiger partial charge in [-0.15, -0.1) is 0 Å². The summed E-state index contributed by atoms with van der Waals surface area (Å²) >= 11 is 0. The lowest BCUT2D eigenvalue weighted by molar-refractivity contribution is -0.131. The Morgan fingerprint density at radius 1 is 1.25 bits per heavy atom. The lowest BCUT2D eigenvalue weighted by Crippen LogP contribution is -2.46. The molecule has 6 nitrogen and oxygen atoms in total. The second kappa shape index (κ2) is 8.59. The molecule has 2 aliphatic heterocycles. The number of benzene rings is 1. The van der Waals surface area contributed by atoms with E-state index < -0.39 is 0 Å². The summed E-state index contributed by atoms with van der Waals surface area (Å²) in [5.41, 5.74) is 2.21. The third kappa shape index (κ3) is 4.21. The fourth-order valence-corrected chi connectivity index (χ4v) is 4.16. The number of aromatic amines is 1. The molecule has 1 N–H and O–H groups in total. The second-order valence-electron chi connectivity index (χ2n) is 7.67. The number of H-pyrrole nitrogens is 1. The lowest BCUT2D eigenvalue weighted by atomic mass is 10.1. The van der Waals surface area contributed by atoms with E-state index in [9.17, 15) is 9.18 Å². The number of nitrogens with zero attached hydrogens (tertiary/aromatic N) is 2. The van der Waals surface area contributed by atoms with E-state index in [1.807, 2.05) is 17.9 Å². The maximum Gasteiger partial charge on any atom is 0.227 e. The van der Waals surface area contributed by atoms with E-state index in [4.69, 9.17) is 9.47 Å². The largest absolute Gasteiger partial charge is 0.379 e. The van der Waals surface area contributed by atoms with Gasteiger partial charge >= 0.3 is 0 Å². The molecular weight excluding hydrogens is 361 g/mol. The van der Waals surface area contributed by atoms with Gasteiger partial charge in [0.05, 0.1) is 31.3 Å². The van der Waals surface area contributed by atoms with Crippen LogP contribution >= 0.6 is 0 Å². The van der Waals surface area contributed by atoms with Crippen LogP contribution in [0, 0.1) is 12.7 Å². The summed E-state index contributed by atoms with van der Waals surface area (Å²) in [5.74, 6) is -0.209. The van der Waals surface area contributed by atoms with Gasteiger partial charge in [0.15, 0.2) is 0 Å². The summed E-state index contributed by atoms with van der Waals surface area (Å²) in [4.78, 5) is 20.4. The van der Waals surface area contributed by atoms with Gasteiger partial charge in [-0.25, -0.2) is 4.39 Å². The molecular formula is C21H28FN3O3. The minimum atomic E-state index is -0.284. The molecule has 7 heteroatoms. The molecule has 152 valence electrons. The zero-order valence-corrected chi connectivity index (χ0v) is 16.4. The van der Waals surface area contributed by atoms with Crippen LogP contribution in [0.15, 0.2) is 18.2 Å². The second-order valence-corrected chi connectivity index (χ2v) is 7.67. The summed E-state index contributed by atoms with van der Waals surface area (Å²) in [5, 5.41) is 0.793. The SMILES string of the molecule is Cc1[nH]c2c(F)cccc2c1CC(=O)N1CCCO[C@@H](CN2CCOCC2)C1. The van der Waals surface area contributed by atoms with E-state index in [1.54, 1.807) is 6.07 Å². The highest BCUT2D eigenvalue weighted by atomic mass is 19.1. The van der Waals surface area contributed by atoms with Crippen molar-refractivity contribution in [1.29, 1.82) is 0 Å². The van der Waals surface area contributed by atoms with E-state index in [2.05, 4.69) is 9.88 Å². The van der Waals surface area contributed by atoms with Crippen LogP contribution < -0.4 is 0 Å². The summed E-state index contributed by atoms with van der Waals surface area (Å²) < 4.78 is 25.5. The van der Waals surface area contributed by atoms with Gasteiger partial charge in [0.25, 0.3) is 0 Å². The van der Waals surface area contributed by atoms with Crippen molar-refractivity contribution >= 4 is 16.8 Å². The Hall–Kier alpha value is -1.96. The lowest BCUT2D eigenvalue weighted by Gasteiger charge is -2.31. The first-order chi connectivity index (χ1) is 13.6. The van der Waals surface area contributed by atoms with Gasteiger partial charge < -0.3 is 19.4 Å². The predicted molar refractivity (Wildman–Crippen MR) is 105 cm³/mol. The van der Waals surface area contributed by atoms with Gasteiger partial charge in [0.1, 0.15) is 5.82 Å². The average Bonchev–Trinajstić information content (AvgIpc) is 2.87. The fourth-order valence-electron chi connectivity index (χ4n) is 4.16. The fraction of sp³-hybridized carbons (Fsp3) is 0.571. The Morgan fingerprint density at radius 3 is 2.89 bits per heavy atom. The number of fused-ring (bicyclic) bond motifs is 1. The molecule has 0 radical (unpaired) electrons. The maximum absolute atomic E-state index is 14.0. The molecule has 2 aliphatic rings. The number of ether oxygens (including phenoxy) is 2. The molecule has 0 spiro atoms. The van der Waals surface area contributed by atoms with Crippen molar-refractivity contribution in [2.75, 3.05) is 52.5 Å². The van der Waals surface area contributed by atoms with Crippen LogP contribution in [0.5, 0.6) is 0 Å². The number of halogens is 1. The third-order valence-electron chi connectivity index (χ3n) is 5.70. The number of amides is 1. The van der Waals surface area contributed by atoms with Crippen molar-refractivity contribution in [2.24, 2.45) is 0 Å². The number of rotatable bonds is 4. The number of carbonyl (C=O) groups excluding carboxylic acids is 1. The molecule has 2 aromatic rings. The minimum Gasteiger partial charge on any atom is -0.379 e. The molecule has 2 fully saturated rings. The zero-order valence-electron chi connectivity index (χ0n) is 16.4. The molecule has 2 saturated heterocycles. The molecule has 4 rings (SSSR count). The number of aromatic nitrogens is 1. The molecule has 0 bridgehead atoms. The highest BCUT2D eigenvalue weighted by Crippen LogP contribution is 2.25. The van der Waals surface area contributed by atoms with Crippen LogP contribution in [0.4, 0.5) is 4.39 Å². The molecule has 1 aromatic heterocycles. The summed E-state index contributed by atoms with van der Waals surface area (Å²) in [6, 6.07) is 5.00. The van der Waals surface area contributed by atoms with Crippen molar-refractivity contribution in [3.63, 3.8) is 0 Å². The Morgan fingerprint density at radius 2 is 2.07 bits per heavy atom. The van der Waals surface area contributed by atoms with Crippen molar-refractivity contribution in [3.8, 4) is 0 Å². The van der Waals surface area contributed by atoms with Crippen LogP contribution in [-0.4, -0.2) is 79.3 Å². The van der Waals surface area contributed by atoms with Gasteiger partial charge in [-0.05, 0) is 25.0 Å². The number of aryl methyl sites for hydroxylation is 1. The number of hydrogen-bond acceptors (Lipinski definition) is 4. The quantitative estimate of drug-likeness (QED) is 0.870. The van der Waals surface area contributed by atoms with E-state index in [1.165, 1.54) is 6.07 Å². The predicted octanol–water partition coefficient (Wildman–Crippen LogP) is 2.11. The van der Waals surface area contributed by atoms with Gasteiger partial charge in [0.2, 0.25) is 5.91 Å². The van der Waals surface area contributed by atoms with Crippen LogP contribution in [-0.2, 0) is 20.7 Å².